The van der Waals surface area contributed by atoms with Gasteiger partial charge in [0, 0.05) is 20.1 Å². The van der Waals surface area contributed by atoms with E-state index in [2.05, 4.69) is 5.32 Å². The number of carbonyl (C=O) groups excluding carboxylic acids is 1. The van der Waals surface area contributed by atoms with Gasteiger partial charge in [-0.1, -0.05) is 37.3 Å². The Hall–Kier alpha value is -1.39. The fraction of sp³-hybridized carbons (Fsp3) is 0.533. The summed E-state index contributed by atoms with van der Waals surface area (Å²) in [6, 6.07) is 9.71. The van der Waals surface area contributed by atoms with E-state index in [1.165, 1.54) is 0 Å². The Morgan fingerprint density at radius 1 is 1.32 bits per heavy atom. The van der Waals surface area contributed by atoms with Crippen LogP contribution in [0.5, 0.6) is 0 Å². The molecular formula is C15H23NO3. The van der Waals surface area contributed by atoms with Gasteiger partial charge in [-0.3, -0.25) is 4.79 Å². The molecule has 4 nitrogen and oxygen atoms in total. The molecule has 19 heavy (non-hydrogen) atoms. The van der Waals surface area contributed by atoms with E-state index in [0.29, 0.717) is 19.6 Å². The standard InChI is InChI=1S/C15H23NO3/c1-13(11-16-8-9-18-2)10-15(17)19-12-14-6-4-3-5-7-14/h3-7,13,16H,8-12H2,1-2H3. The largest absolute Gasteiger partial charge is 0.461 e. The summed E-state index contributed by atoms with van der Waals surface area (Å²) >= 11 is 0. The van der Waals surface area contributed by atoms with Crippen LogP contribution in [0.15, 0.2) is 30.3 Å². The number of esters is 1. The quantitative estimate of drug-likeness (QED) is 0.548. The van der Waals surface area contributed by atoms with Gasteiger partial charge in [0.2, 0.25) is 0 Å². The SMILES string of the molecule is COCCNCC(C)CC(=O)OCc1ccccc1. The average molecular weight is 265 g/mol. The van der Waals surface area contributed by atoms with Crippen LogP contribution in [0.4, 0.5) is 0 Å². The van der Waals surface area contributed by atoms with Crippen LogP contribution in [0.2, 0.25) is 0 Å². The summed E-state index contributed by atoms with van der Waals surface area (Å²) in [7, 11) is 1.67. The predicted molar refractivity (Wildman–Crippen MR) is 74.8 cm³/mol. The van der Waals surface area contributed by atoms with E-state index < -0.39 is 0 Å². The van der Waals surface area contributed by atoms with Crippen LogP contribution in [0.1, 0.15) is 18.9 Å². The van der Waals surface area contributed by atoms with E-state index in [0.717, 1.165) is 18.7 Å². The van der Waals surface area contributed by atoms with Crippen LogP contribution in [0, 0.1) is 5.92 Å². The molecule has 1 aromatic rings. The van der Waals surface area contributed by atoms with E-state index in [9.17, 15) is 4.79 Å². The first kappa shape index (κ1) is 15.7. The minimum Gasteiger partial charge on any atom is -0.461 e. The molecule has 0 aromatic heterocycles. The number of nitrogens with one attached hydrogen (secondary N) is 1. The first-order valence-electron chi connectivity index (χ1n) is 6.61. The molecule has 0 spiro atoms. The van der Waals surface area contributed by atoms with Gasteiger partial charge in [0.1, 0.15) is 6.61 Å². The molecule has 0 radical (unpaired) electrons. The highest BCUT2D eigenvalue weighted by atomic mass is 16.5. The molecule has 0 aliphatic carbocycles. The maximum Gasteiger partial charge on any atom is 0.306 e. The zero-order valence-corrected chi connectivity index (χ0v) is 11.7. The summed E-state index contributed by atoms with van der Waals surface area (Å²) in [6.07, 6.45) is 0.437. The van der Waals surface area contributed by atoms with Crippen LogP contribution in [-0.2, 0) is 20.9 Å². The van der Waals surface area contributed by atoms with Gasteiger partial charge in [-0.15, -0.1) is 0 Å². The lowest BCUT2D eigenvalue weighted by molar-refractivity contribution is -0.145. The van der Waals surface area contributed by atoms with Gasteiger partial charge in [-0.25, -0.2) is 0 Å². The van der Waals surface area contributed by atoms with Gasteiger partial charge in [0.25, 0.3) is 0 Å². The number of ether oxygens (including phenoxy) is 2. The van der Waals surface area contributed by atoms with E-state index in [1.54, 1.807) is 7.11 Å². The van der Waals surface area contributed by atoms with E-state index in [-0.39, 0.29) is 11.9 Å². The first-order valence-corrected chi connectivity index (χ1v) is 6.61. The summed E-state index contributed by atoms with van der Waals surface area (Å²) in [4.78, 5) is 11.6. The molecule has 0 saturated carbocycles. The second-order valence-corrected chi connectivity index (χ2v) is 4.65. The number of benzene rings is 1. The van der Waals surface area contributed by atoms with Crippen molar-refractivity contribution in [1.29, 1.82) is 0 Å². The molecule has 1 atom stereocenters. The fourth-order valence-electron chi connectivity index (χ4n) is 1.68. The van der Waals surface area contributed by atoms with Crippen LogP contribution < -0.4 is 5.32 Å². The third-order valence-corrected chi connectivity index (χ3v) is 2.73. The zero-order chi connectivity index (χ0) is 13.9. The number of methoxy groups -OCH3 is 1. The molecule has 0 fully saturated rings. The molecule has 0 saturated heterocycles. The molecule has 0 heterocycles. The topological polar surface area (TPSA) is 47.6 Å². The molecule has 0 aliphatic rings. The Labute approximate surface area is 115 Å². The van der Waals surface area contributed by atoms with Crippen molar-refractivity contribution in [2.45, 2.75) is 20.0 Å². The van der Waals surface area contributed by atoms with Gasteiger partial charge in [-0.05, 0) is 18.0 Å². The molecule has 1 rings (SSSR count). The second kappa shape index (κ2) is 9.53. The number of hydrogen-bond acceptors (Lipinski definition) is 4. The predicted octanol–water partition coefficient (Wildman–Crippen LogP) is 1.99. The van der Waals surface area contributed by atoms with Crippen molar-refractivity contribution in [1.82, 2.24) is 5.32 Å². The van der Waals surface area contributed by atoms with Crippen molar-refractivity contribution in [3.63, 3.8) is 0 Å². The Balaban J connectivity index is 2.13. The van der Waals surface area contributed by atoms with E-state index >= 15 is 0 Å². The van der Waals surface area contributed by atoms with Gasteiger partial charge in [-0.2, -0.15) is 0 Å². The Morgan fingerprint density at radius 2 is 2.05 bits per heavy atom. The normalized spacial score (nSPS) is 12.1. The van der Waals surface area contributed by atoms with Crippen molar-refractivity contribution in [2.24, 2.45) is 5.92 Å². The maximum atomic E-state index is 11.6. The van der Waals surface area contributed by atoms with E-state index in [4.69, 9.17) is 9.47 Å². The third kappa shape index (κ3) is 7.59. The van der Waals surface area contributed by atoms with Crippen LogP contribution in [0.25, 0.3) is 0 Å². The average Bonchev–Trinajstić information content (AvgIpc) is 2.42. The van der Waals surface area contributed by atoms with E-state index in [1.807, 2.05) is 37.3 Å². The van der Waals surface area contributed by atoms with Crippen molar-refractivity contribution < 1.29 is 14.3 Å². The van der Waals surface area contributed by atoms with Crippen LogP contribution in [-0.4, -0.2) is 32.8 Å². The molecule has 4 heteroatoms. The molecule has 106 valence electrons. The molecule has 1 N–H and O–H groups in total. The Bertz CT molecular complexity index is 354. The third-order valence-electron chi connectivity index (χ3n) is 2.73. The number of carbonyl (C=O) groups is 1. The molecule has 0 amide bonds. The number of rotatable bonds is 9. The summed E-state index contributed by atoms with van der Waals surface area (Å²) in [5.41, 5.74) is 1.02. The maximum absolute atomic E-state index is 11.6. The number of hydrogen-bond donors (Lipinski definition) is 1. The molecule has 1 aromatic carbocycles. The summed E-state index contributed by atoms with van der Waals surface area (Å²) < 4.78 is 10.2. The summed E-state index contributed by atoms with van der Waals surface area (Å²) in [6.45, 7) is 4.67. The lowest BCUT2D eigenvalue weighted by Gasteiger charge is -2.12. The summed E-state index contributed by atoms with van der Waals surface area (Å²) in [5.74, 6) is 0.116. The molecule has 0 aliphatic heterocycles. The van der Waals surface area contributed by atoms with Gasteiger partial charge >= 0.3 is 5.97 Å². The first-order chi connectivity index (χ1) is 9.22. The summed E-state index contributed by atoms with van der Waals surface area (Å²) in [5, 5.41) is 3.23. The van der Waals surface area contributed by atoms with Crippen molar-refractivity contribution in [2.75, 3.05) is 26.8 Å². The lowest BCUT2D eigenvalue weighted by atomic mass is 10.1. The minimum atomic E-state index is -0.148. The van der Waals surface area contributed by atoms with Crippen molar-refractivity contribution >= 4 is 5.97 Å². The Morgan fingerprint density at radius 3 is 2.74 bits per heavy atom. The van der Waals surface area contributed by atoms with Gasteiger partial charge < -0.3 is 14.8 Å². The molecular weight excluding hydrogens is 242 g/mol. The van der Waals surface area contributed by atoms with Gasteiger partial charge in [0.05, 0.1) is 6.61 Å². The van der Waals surface area contributed by atoms with Crippen LogP contribution in [0.3, 0.4) is 0 Å². The lowest BCUT2D eigenvalue weighted by Crippen LogP contribution is -2.26. The highest BCUT2D eigenvalue weighted by Gasteiger charge is 2.10. The van der Waals surface area contributed by atoms with Crippen molar-refractivity contribution in [3.05, 3.63) is 35.9 Å². The monoisotopic (exact) mass is 265 g/mol. The highest BCUT2D eigenvalue weighted by molar-refractivity contribution is 5.69. The van der Waals surface area contributed by atoms with Crippen LogP contribution >= 0.6 is 0 Å². The smallest absolute Gasteiger partial charge is 0.306 e. The molecule has 0 bridgehead atoms. The fourth-order valence-corrected chi connectivity index (χ4v) is 1.68. The van der Waals surface area contributed by atoms with Crippen molar-refractivity contribution in [3.8, 4) is 0 Å². The second-order valence-electron chi connectivity index (χ2n) is 4.65. The zero-order valence-electron chi connectivity index (χ0n) is 11.7. The molecule has 1 unspecified atom stereocenters. The van der Waals surface area contributed by atoms with Gasteiger partial charge in [0.15, 0.2) is 0 Å². The Kier molecular flexibility index (Phi) is 7.86. The highest BCUT2D eigenvalue weighted by Crippen LogP contribution is 2.05. The minimum absolute atomic E-state index is 0.148.